The molecule has 1 aromatic carbocycles. The molecule has 0 aliphatic heterocycles. The zero-order valence-electron chi connectivity index (χ0n) is 10.6. The number of hydrogen-bond donors (Lipinski definition) is 2. The van der Waals surface area contributed by atoms with E-state index in [4.69, 9.17) is 10.5 Å². The monoisotopic (exact) mass is 236 g/mol. The van der Waals surface area contributed by atoms with E-state index in [-0.39, 0.29) is 18.0 Å². The number of nitrogens with two attached hydrogens (primary N) is 1. The Balaban J connectivity index is 2.69. The highest BCUT2D eigenvalue weighted by Gasteiger charge is 2.14. The van der Waals surface area contributed by atoms with Crippen molar-refractivity contribution in [1.82, 2.24) is 5.32 Å². The lowest BCUT2D eigenvalue weighted by molar-refractivity contribution is -0.118. The van der Waals surface area contributed by atoms with Gasteiger partial charge >= 0.3 is 0 Å². The molecule has 0 radical (unpaired) electrons. The number of ether oxygens (including phenoxy) is 1. The number of nitrogens with one attached hydrogen (secondary N) is 1. The first-order valence-corrected chi connectivity index (χ1v) is 5.72. The van der Waals surface area contributed by atoms with Crippen LogP contribution in [-0.2, 0) is 4.79 Å². The van der Waals surface area contributed by atoms with E-state index in [9.17, 15) is 4.79 Å². The minimum absolute atomic E-state index is 0.0485. The SMILES string of the molecule is COc1ccccc1C(C)NC(C)CC(N)=O. The van der Waals surface area contributed by atoms with Gasteiger partial charge in [-0.15, -0.1) is 0 Å². The van der Waals surface area contributed by atoms with Gasteiger partial charge in [0.15, 0.2) is 0 Å². The molecule has 0 bridgehead atoms. The molecule has 4 nitrogen and oxygen atoms in total. The van der Waals surface area contributed by atoms with Gasteiger partial charge in [0.1, 0.15) is 5.75 Å². The molecule has 1 aromatic rings. The Bertz CT molecular complexity index is 379. The highest BCUT2D eigenvalue weighted by Crippen LogP contribution is 2.24. The average molecular weight is 236 g/mol. The largest absolute Gasteiger partial charge is 0.496 e. The van der Waals surface area contributed by atoms with Gasteiger partial charge in [0.25, 0.3) is 0 Å². The van der Waals surface area contributed by atoms with Gasteiger partial charge in [0.05, 0.1) is 7.11 Å². The van der Waals surface area contributed by atoms with Gasteiger partial charge in [-0.1, -0.05) is 18.2 Å². The van der Waals surface area contributed by atoms with Crippen LogP contribution < -0.4 is 15.8 Å². The van der Waals surface area contributed by atoms with E-state index < -0.39 is 0 Å². The Hall–Kier alpha value is -1.55. The Morgan fingerprint density at radius 1 is 1.41 bits per heavy atom. The molecular weight excluding hydrogens is 216 g/mol. The average Bonchev–Trinajstić information content (AvgIpc) is 2.27. The second kappa shape index (κ2) is 6.25. The lowest BCUT2D eigenvalue weighted by Gasteiger charge is -2.21. The molecule has 0 spiro atoms. The lowest BCUT2D eigenvalue weighted by Crippen LogP contribution is -2.33. The van der Waals surface area contributed by atoms with Crippen molar-refractivity contribution in [2.45, 2.75) is 32.4 Å². The summed E-state index contributed by atoms with van der Waals surface area (Å²) < 4.78 is 5.30. The standard InChI is InChI=1S/C13H20N2O2/c1-9(8-13(14)16)15-10(2)11-6-4-5-7-12(11)17-3/h4-7,9-10,15H,8H2,1-3H3,(H2,14,16). The van der Waals surface area contributed by atoms with Gasteiger partial charge in [-0.25, -0.2) is 0 Å². The summed E-state index contributed by atoms with van der Waals surface area (Å²) in [4.78, 5) is 10.8. The van der Waals surface area contributed by atoms with Crippen LogP contribution in [0.1, 0.15) is 31.9 Å². The second-order valence-electron chi connectivity index (χ2n) is 4.20. The van der Waals surface area contributed by atoms with Crippen LogP contribution >= 0.6 is 0 Å². The second-order valence-corrected chi connectivity index (χ2v) is 4.20. The van der Waals surface area contributed by atoms with Crippen LogP contribution in [0.15, 0.2) is 24.3 Å². The summed E-state index contributed by atoms with van der Waals surface area (Å²) in [5.74, 6) is 0.552. The number of primary amides is 1. The van der Waals surface area contributed by atoms with Crippen molar-refractivity contribution in [2.24, 2.45) is 5.73 Å². The molecule has 0 fully saturated rings. The van der Waals surface area contributed by atoms with E-state index in [1.165, 1.54) is 0 Å². The fourth-order valence-electron chi connectivity index (χ4n) is 1.90. The highest BCUT2D eigenvalue weighted by molar-refractivity contribution is 5.74. The summed E-state index contributed by atoms with van der Waals surface area (Å²) in [6, 6.07) is 7.99. The molecule has 2 atom stereocenters. The maximum absolute atomic E-state index is 10.8. The zero-order valence-corrected chi connectivity index (χ0v) is 10.6. The normalized spacial score (nSPS) is 14.1. The van der Waals surface area contributed by atoms with Gasteiger partial charge in [0, 0.05) is 24.1 Å². The summed E-state index contributed by atoms with van der Waals surface area (Å²) in [7, 11) is 1.65. The Kier molecular flexibility index (Phi) is 4.97. The highest BCUT2D eigenvalue weighted by atomic mass is 16.5. The third-order valence-corrected chi connectivity index (χ3v) is 2.65. The maximum Gasteiger partial charge on any atom is 0.218 e. The molecule has 0 heterocycles. The van der Waals surface area contributed by atoms with Crippen molar-refractivity contribution in [3.8, 4) is 5.75 Å². The molecule has 0 aliphatic rings. The van der Waals surface area contributed by atoms with Gasteiger partial charge < -0.3 is 15.8 Å². The van der Waals surface area contributed by atoms with E-state index in [0.717, 1.165) is 11.3 Å². The van der Waals surface area contributed by atoms with Crippen LogP contribution in [0, 0.1) is 0 Å². The summed E-state index contributed by atoms with van der Waals surface area (Å²) in [5, 5.41) is 3.32. The van der Waals surface area contributed by atoms with E-state index in [1.54, 1.807) is 7.11 Å². The van der Waals surface area contributed by atoms with Crippen LogP contribution in [0.2, 0.25) is 0 Å². The maximum atomic E-state index is 10.8. The first kappa shape index (κ1) is 13.5. The molecule has 94 valence electrons. The van der Waals surface area contributed by atoms with Gasteiger partial charge in [-0.3, -0.25) is 4.79 Å². The smallest absolute Gasteiger partial charge is 0.218 e. The Morgan fingerprint density at radius 3 is 2.65 bits per heavy atom. The molecule has 3 N–H and O–H groups in total. The van der Waals surface area contributed by atoms with Crippen LogP contribution in [0.4, 0.5) is 0 Å². The zero-order chi connectivity index (χ0) is 12.8. The Labute approximate surface area is 102 Å². The number of amides is 1. The summed E-state index contributed by atoms with van der Waals surface area (Å²) in [6.07, 6.45) is 0.333. The van der Waals surface area contributed by atoms with Crippen molar-refractivity contribution in [1.29, 1.82) is 0 Å². The van der Waals surface area contributed by atoms with Crippen LogP contribution in [0.5, 0.6) is 5.75 Å². The number of para-hydroxylation sites is 1. The van der Waals surface area contributed by atoms with Crippen LogP contribution in [0.25, 0.3) is 0 Å². The van der Waals surface area contributed by atoms with Crippen molar-refractivity contribution >= 4 is 5.91 Å². The van der Waals surface area contributed by atoms with E-state index in [0.29, 0.717) is 6.42 Å². The quantitative estimate of drug-likeness (QED) is 0.788. The predicted octanol–water partition coefficient (Wildman–Crippen LogP) is 1.61. The number of rotatable bonds is 6. The molecule has 0 saturated heterocycles. The van der Waals surface area contributed by atoms with Crippen molar-refractivity contribution in [3.05, 3.63) is 29.8 Å². The van der Waals surface area contributed by atoms with Gasteiger partial charge in [-0.05, 0) is 19.9 Å². The van der Waals surface area contributed by atoms with E-state index >= 15 is 0 Å². The van der Waals surface area contributed by atoms with Crippen molar-refractivity contribution < 1.29 is 9.53 Å². The first-order chi connectivity index (χ1) is 8.04. The fraction of sp³-hybridized carbons (Fsp3) is 0.462. The minimum Gasteiger partial charge on any atom is -0.496 e. The molecule has 0 saturated carbocycles. The van der Waals surface area contributed by atoms with Crippen molar-refractivity contribution in [3.63, 3.8) is 0 Å². The van der Waals surface area contributed by atoms with Crippen molar-refractivity contribution in [2.75, 3.05) is 7.11 Å². The third-order valence-electron chi connectivity index (χ3n) is 2.65. The van der Waals surface area contributed by atoms with E-state index in [2.05, 4.69) is 5.32 Å². The minimum atomic E-state index is -0.294. The number of carbonyl (C=O) groups is 1. The molecular formula is C13H20N2O2. The van der Waals surface area contributed by atoms with Gasteiger partial charge in [0.2, 0.25) is 5.91 Å². The summed E-state index contributed by atoms with van der Waals surface area (Å²) in [5.41, 5.74) is 6.24. The van der Waals surface area contributed by atoms with Crippen LogP contribution in [-0.4, -0.2) is 19.1 Å². The fourth-order valence-corrected chi connectivity index (χ4v) is 1.90. The summed E-state index contributed by atoms with van der Waals surface area (Å²) in [6.45, 7) is 3.98. The lowest BCUT2D eigenvalue weighted by atomic mass is 10.1. The third kappa shape index (κ3) is 4.07. The molecule has 17 heavy (non-hydrogen) atoms. The molecule has 4 heteroatoms. The molecule has 0 aromatic heterocycles. The number of methoxy groups -OCH3 is 1. The molecule has 1 amide bonds. The number of hydrogen-bond acceptors (Lipinski definition) is 3. The predicted molar refractivity (Wildman–Crippen MR) is 67.8 cm³/mol. The number of benzene rings is 1. The first-order valence-electron chi connectivity index (χ1n) is 5.72. The summed E-state index contributed by atoms with van der Waals surface area (Å²) >= 11 is 0. The van der Waals surface area contributed by atoms with E-state index in [1.807, 2.05) is 38.1 Å². The van der Waals surface area contributed by atoms with Gasteiger partial charge in [-0.2, -0.15) is 0 Å². The topological polar surface area (TPSA) is 64.3 Å². The Morgan fingerprint density at radius 2 is 2.06 bits per heavy atom. The molecule has 0 aliphatic carbocycles. The molecule has 1 rings (SSSR count). The molecule has 2 unspecified atom stereocenters. The van der Waals surface area contributed by atoms with Crippen LogP contribution in [0.3, 0.4) is 0 Å². The number of carbonyl (C=O) groups excluding carboxylic acids is 1.